The van der Waals surface area contributed by atoms with Gasteiger partial charge in [0.05, 0.1) is 6.20 Å². The summed E-state index contributed by atoms with van der Waals surface area (Å²) in [5.41, 5.74) is 0.156. The van der Waals surface area contributed by atoms with Gasteiger partial charge in [0.15, 0.2) is 6.04 Å². The third-order valence-corrected chi connectivity index (χ3v) is 2.13. The number of likely N-dealkylation sites (N-methyl/N-ethyl adjacent to an activating group) is 1. The lowest BCUT2D eigenvalue weighted by Crippen LogP contribution is -2.36. The molecule has 0 aliphatic rings. The van der Waals surface area contributed by atoms with Crippen molar-refractivity contribution in [3.63, 3.8) is 0 Å². The van der Waals surface area contributed by atoms with Crippen molar-refractivity contribution in [3.8, 4) is 0 Å². The third kappa shape index (κ3) is 3.06. The predicted molar refractivity (Wildman–Crippen MR) is 60.7 cm³/mol. The summed E-state index contributed by atoms with van der Waals surface area (Å²) in [6, 6.07) is -1.24. The fraction of sp³-hybridized carbons (Fsp3) is 0.400. The van der Waals surface area contributed by atoms with E-state index in [-0.39, 0.29) is 12.3 Å². The molecule has 0 bridgehead atoms. The number of rotatable bonds is 5. The average molecular weight is 254 g/mol. The van der Waals surface area contributed by atoms with Crippen molar-refractivity contribution >= 4 is 12.1 Å². The molecular formula is C10H14N4O4. The molecule has 0 saturated carbocycles. The van der Waals surface area contributed by atoms with Crippen molar-refractivity contribution in [1.82, 2.24) is 19.9 Å². The van der Waals surface area contributed by atoms with Crippen LogP contribution in [0.15, 0.2) is 18.9 Å². The Hall–Kier alpha value is -2.38. The normalized spacial score (nSPS) is 11.7. The molecule has 0 aliphatic heterocycles. The number of aromatic nitrogens is 3. The Labute approximate surface area is 103 Å². The topological polar surface area (TPSA) is 97.5 Å². The lowest BCUT2D eigenvalue weighted by atomic mass is 10.2. The van der Waals surface area contributed by atoms with Crippen LogP contribution in [0.1, 0.15) is 11.7 Å². The number of aryl methyl sites for hydroxylation is 1. The summed E-state index contributed by atoms with van der Waals surface area (Å²) in [5, 5.41) is 16.8. The van der Waals surface area contributed by atoms with Crippen LogP contribution in [0.4, 0.5) is 4.79 Å². The lowest BCUT2D eigenvalue weighted by Gasteiger charge is -2.22. The van der Waals surface area contributed by atoms with E-state index in [1.54, 1.807) is 7.05 Å². The fourth-order valence-corrected chi connectivity index (χ4v) is 1.31. The Balaban J connectivity index is 2.88. The van der Waals surface area contributed by atoms with E-state index in [0.717, 1.165) is 4.90 Å². The predicted octanol–water partition coefficient (Wildman–Crippen LogP) is 0.195. The van der Waals surface area contributed by atoms with Crippen molar-refractivity contribution in [2.45, 2.75) is 6.04 Å². The number of nitrogens with zero attached hydrogens (tertiary/aromatic N) is 4. The van der Waals surface area contributed by atoms with Gasteiger partial charge in [0.25, 0.3) is 0 Å². The Kier molecular flexibility index (Phi) is 4.41. The zero-order valence-corrected chi connectivity index (χ0v) is 10.1. The van der Waals surface area contributed by atoms with Gasteiger partial charge in [-0.25, -0.2) is 9.59 Å². The molecule has 1 aromatic rings. The first-order valence-electron chi connectivity index (χ1n) is 5.07. The Bertz CT molecular complexity index is 456. The molecule has 1 N–H and O–H groups in total. The van der Waals surface area contributed by atoms with Crippen LogP contribution in [-0.4, -0.2) is 50.7 Å². The summed E-state index contributed by atoms with van der Waals surface area (Å²) in [6.07, 6.45) is 1.91. The number of hydrogen-bond acceptors (Lipinski definition) is 5. The van der Waals surface area contributed by atoms with Gasteiger partial charge in [-0.1, -0.05) is 12.7 Å². The first-order valence-corrected chi connectivity index (χ1v) is 5.07. The van der Waals surface area contributed by atoms with Crippen molar-refractivity contribution in [3.05, 3.63) is 24.5 Å². The number of carboxylic acids is 1. The number of ether oxygens (including phenoxy) is 1. The highest BCUT2D eigenvalue weighted by Gasteiger charge is 2.31. The van der Waals surface area contributed by atoms with Crippen LogP contribution in [0.5, 0.6) is 0 Å². The van der Waals surface area contributed by atoms with Gasteiger partial charge in [-0.2, -0.15) is 15.0 Å². The summed E-state index contributed by atoms with van der Waals surface area (Å²) in [5.74, 6) is -1.21. The van der Waals surface area contributed by atoms with E-state index in [1.165, 1.54) is 24.1 Å². The third-order valence-electron chi connectivity index (χ3n) is 2.13. The van der Waals surface area contributed by atoms with Gasteiger partial charge < -0.3 is 9.84 Å². The number of carbonyl (C=O) groups is 2. The molecule has 0 saturated heterocycles. The average Bonchev–Trinajstić information content (AvgIpc) is 2.72. The molecule has 0 radical (unpaired) electrons. The molecular weight excluding hydrogens is 240 g/mol. The van der Waals surface area contributed by atoms with Crippen molar-refractivity contribution < 1.29 is 19.4 Å². The van der Waals surface area contributed by atoms with Crippen LogP contribution in [0.2, 0.25) is 0 Å². The van der Waals surface area contributed by atoms with Gasteiger partial charge in [-0.05, 0) is 0 Å². The first kappa shape index (κ1) is 13.7. The van der Waals surface area contributed by atoms with Gasteiger partial charge in [0, 0.05) is 14.1 Å². The standard InChI is InChI=1S/C10H14N4O4/c1-4-5-18-10(17)13(2)8(9(15)16)7-6-11-14(3)12-7/h4,6,8H,1,5H2,2-3H3,(H,15,16). The maximum atomic E-state index is 11.6. The van der Waals surface area contributed by atoms with Crippen molar-refractivity contribution in [1.29, 1.82) is 0 Å². The van der Waals surface area contributed by atoms with Gasteiger partial charge in [-0.3, -0.25) is 4.90 Å². The minimum atomic E-state index is -1.24. The van der Waals surface area contributed by atoms with Crippen molar-refractivity contribution in [2.24, 2.45) is 7.05 Å². The summed E-state index contributed by atoms with van der Waals surface area (Å²) in [6.45, 7) is 3.41. The molecule has 18 heavy (non-hydrogen) atoms. The fourth-order valence-electron chi connectivity index (χ4n) is 1.31. The summed E-state index contributed by atoms with van der Waals surface area (Å²) in [7, 11) is 2.87. The highest BCUT2D eigenvalue weighted by molar-refractivity contribution is 5.80. The second kappa shape index (κ2) is 5.80. The maximum Gasteiger partial charge on any atom is 0.410 e. The van der Waals surface area contributed by atoms with E-state index in [2.05, 4.69) is 16.8 Å². The highest BCUT2D eigenvalue weighted by Crippen LogP contribution is 2.17. The minimum Gasteiger partial charge on any atom is -0.479 e. The highest BCUT2D eigenvalue weighted by atomic mass is 16.6. The number of hydrogen-bond donors (Lipinski definition) is 1. The number of carboxylic acid groups (broad SMARTS) is 1. The van der Waals surface area contributed by atoms with E-state index in [4.69, 9.17) is 9.84 Å². The van der Waals surface area contributed by atoms with Crippen LogP contribution in [-0.2, 0) is 16.6 Å². The van der Waals surface area contributed by atoms with E-state index in [9.17, 15) is 9.59 Å². The minimum absolute atomic E-state index is 0.00990. The molecule has 1 amide bonds. The molecule has 8 heteroatoms. The molecule has 0 aliphatic carbocycles. The Morgan fingerprint density at radius 2 is 2.39 bits per heavy atom. The molecule has 1 atom stereocenters. The summed E-state index contributed by atoms with van der Waals surface area (Å²) in [4.78, 5) is 24.9. The summed E-state index contributed by atoms with van der Waals surface area (Å²) >= 11 is 0. The molecule has 0 spiro atoms. The Morgan fingerprint density at radius 3 is 2.83 bits per heavy atom. The largest absolute Gasteiger partial charge is 0.479 e. The molecule has 1 unspecified atom stereocenters. The number of aliphatic carboxylic acids is 1. The SMILES string of the molecule is C=CCOC(=O)N(C)C(C(=O)O)c1cnn(C)n1. The van der Waals surface area contributed by atoms with Gasteiger partial charge in [-0.15, -0.1) is 0 Å². The zero-order chi connectivity index (χ0) is 13.7. The molecule has 98 valence electrons. The van der Waals surface area contributed by atoms with Gasteiger partial charge in [0.1, 0.15) is 12.3 Å². The molecule has 0 fully saturated rings. The van der Waals surface area contributed by atoms with Crippen LogP contribution in [0.3, 0.4) is 0 Å². The van der Waals surface area contributed by atoms with E-state index in [0.29, 0.717) is 0 Å². The van der Waals surface area contributed by atoms with Crippen LogP contribution < -0.4 is 0 Å². The zero-order valence-electron chi connectivity index (χ0n) is 10.1. The van der Waals surface area contributed by atoms with Crippen LogP contribution in [0.25, 0.3) is 0 Å². The first-order chi connectivity index (χ1) is 8.47. The smallest absolute Gasteiger partial charge is 0.410 e. The quantitative estimate of drug-likeness (QED) is 0.753. The van der Waals surface area contributed by atoms with E-state index >= 15 is 0 Å². The maximum absolute atomic E-state index is 11.6. The molecule has 8 nitrogen and oxygen atoms in total. The van der Waals surface area contributed by atoms with Crippen LogP contribution >= 0.6 is 0 Å². The Morgan fingerprint density at radius 1 is 1.72 bits per heavy atom. The van der Waals surface area contributed by atoms with Gasteiger partial charge in [0.2, 0.25) is 0 Å². The molecule has 1 heterocycles. The van der Waals surface area contributed by atoms with Crippen LogP contribution in [0, 0.1) is 0 Å². The molecule has 1 rings (SSSR count). The summed E-state index contributed by atoms with van der Waals surface area (Å²) < 4.78 is 4.76. The molecule has 0 aromatic carbocycles. The number of amides is 1. The van der Waals surface area contributed by atoms with Crippen molar-refractivity contribution in [2.75, 3.05) is 13.7 Å². The number of carbonyl (C=O) groups excluding carboxylic acids is 1. The van der Waals surface area contributed by atoms with E-state index in [1.807, 2.05) is 0 Å². The van der Waals surface area contributed by atoms with E-state index < -0.39 is 18.1 Å². The monoisotopic (exact) mass is 254 g/mol. The molecule has 1 aromatic heterocycles. The van der Waals surface area contributed by atoms with Gasteiger partial charge >= 0.3 is 12.1 Å². The lowest BCUT2D eigenvalue weighted by molar-refractivity contribution is -0.142. The second-order valence-corrected chi connectivity index (χ2v) is 3.48. The second-order valence-electron chi connectivity index (χ2n) is 3.48.